The standard InChI is InChI=1S/C17H36N2/c1-5-11-18-12-6-8-16(4)19-13-7-9-17(10-14-19)15(2)3/h15-18H,5-14H2,1-4H3. The van der Waals surface area contributed by atoms with Gasteiger partial charge in [0, 0.05) is 6.04 Å². The van der Waals surface area contributed by atoms with Gasteiger partial charge < -0.3 is 10.2 Å². The Morgan fingerprint density at radius 2 is 1.89 bits per heavy atom. The lowest BCUT2D eigenvalue weighted by Gasteiger charge is -2.28. The summed E-state index contributed by atoms with van der Waals surface area (Å²) in [6.45, 7) is 14.5. The van der Waals surface area contributed by atoms with E-state index in [0.29, 0.717) is 0 Å². The van der Waals surface area contributed by atoms with Crippen LogP contribution in [0.1, 0.15) is 66.2 Å². The molecule has 0 bridgehead atoms. The fourth-order valence-electron chi connectivity index (χ4n) is 3.26. The molecule has 1 heterocycles. The number of rotatable bonds is 8. The third-order valence-corrected chi connectivity index (χ3v) is 4.78. The van der Waals surface area contributed by atoms with Crippen LogP contribution in [0.15, 0.2) is 0 Å². The minimum atomic E-state index is 0.773. The van der Waals surface area contributed by atoms with Gasteiger partial charge in [0.2, 0.25) is 0 Å². The van der Waals surface area contributed by atoms with E-state index in [2.05, 4.69) is 37.9 Å². The first-order chi connectivity index (χ1) is 9.15. The third kappa shape index (κ3) is 6.76. The van der Waals surface area contributed by atoms with E-state index in [-0.39, 0.29) is 0 Å². The van der Waals surface area contributed by atoms with Crippen molar-refractivity contribution in [3.05, 3.63) is 0 Å². The van der Waals surface area contributed by atoms with Gasteiger partial charge in [0.25, 0.3) is 0 Å². The number of hydrogen-bond acceptors (Lipinski definition) is 2. The molecular formula is C17H36N2. The van der Waals surface area contributed by atoms with Gasteiger partial charge in [-0.2, -0.15) is 0 Å². The quantitative estimate of drug-likeness (QED) is 0.671. The summed E-state index contributed by atoms with van der Waals surface area (Å²) in [6.07, 6.45) is 8.18. The van der Waals surface area contributed by atoms with Crippen LogP contribution >= 0.6 is 0 Å². The predicted octanol–water partition coefficient (Wildman–Crippen LogP) is 3.91. The molecule has 2 unspecified atom stereocenters. The average molecular weight is 268 g/mol. The second-order valence-corrected chi connectivity index (χ2v) is 6.71. The van der Waals surface area contributed by atoms with E-state index in [1.807, 2.05) is 0 Å². The molecule has 1 aliphatic rings. The van der Waals surface area contributed by atoms with Gasteiger partial charge in [-0.25, -0.2) is 0 Å². The average Bonchev–Trinajstić information content (AvgIpc) is 2.64. The zero-order chi connectivity index (χ0) is 14.1. The molecule has 0 aromatic heterocycles. The fourth-order valence-corrected chi connectivity index (χ4v) is 3.26. The van der Waals surface area contributed by atoms with Crippen LogP contribution in [-0.4, -0.2) is 37.1 Å². The van der Waals surface area contributed by atoms with Crippen molar-refractivity contribution in [2.45, 2.75) is 72.3 Å². The molecule has 2 nitrogen and oxygen atoms in total. The van der Waals surface area contributed by atoms with Crippen LogP contribution in [0, 0.1) is 11.8 Å². The summed E-state index contributed by atoms with van der Waals surface area (Å²) in [6, 6.07) is 0.773. The zero-order valence-electron chi connectivity index (χ0n) is 13.8. The second-order valence-electron chi connectivity index (χ2n) is 6.71. The summed E-state index contributed by atoms with van der Waals surface area (Å²) in [7, 11) is 0. The highest BCUT2D eigenvalue weighted by Crippen LogP contribution is 2.25. The maximum absolute atomic E-state index is 3.51. The summed E-state index contributed by atoms with van der Waals surface area (Å²) in [5.41, 5.74) is 0. The smallest absolute Gasteiger partial charge is 0.00674 e. The first kappa shape index (κ1) is 17.0. The minimum Gasteiger partial charge on any atom is -0.317 e. The molecule has 1 fully saturated rings. The monoisotopic (exact) mass is 268 g/mol. The molecule has 19 heavy (non-hydrogen) atoms. The highest BCUT2D eigenvalue weighted by molar-refractivity contribution is 4.75. The van der Waals surface area contributed by atoms with Crippen molar-refractivity contribution in [2.24, 2.45) is 11.8 Å². The first-order valence-corrected chi connectivity index (χ1v) is 8.59. The van der Waals surface area contributed by atoms with Gasteiger partial charge in [-0.1, -0.05) is 20.8 Å². The second kappa shape index (κ2) is 9.77. The van der Waals surface area contributed by atoms with Gasteiger partial charge in [-0.15, -0.1) is 0 Å². The summed E-state index contributed by atoms with van der Waals surface area (Å²) >= 11 is 0. The maximum atomic E-state index is 3.51. The minimum absolute atomic E-state index is 0.773. The van der Waals surface area contributed by atoms with Crippen molar-refractivity contribution >= 4 is 0 Å². The highest BCUT2D eigenvalue weighted by Gasteiger charge is 2.21. The molecule has 1 saturated heterocycles. The van der Waals surface area contributed by atoms with Crippen LogP contribution < -0.4 is 5.32 Å². The molecule has 0 aromatic carbocycles. The molecule has 2 heteroatoms. The van der Waals surface area contributed by atoms with Crippen molar-refractivity contribution in [3.63, 3.8) is 0 Å². The number of likely N-dealkylation sites (tertiary alicyclic amines) is 1. The first-order valence-electron chi connectivity index (χ1n) is 8.59. The van der Waals surface area contributed by atoms with Crippen molar-refractivity contribution < 1.29 is 0 Å². The molecule has 1 rings (SSSR count). The Balaban J connectivity index is 2.19. The van der Waals surface area contributed by atoms with Crippen LogP contribution in [0.3, 0.4) is 0 Å². The van der Waals surface area contributed by atoms with E-state index in [0.717, 1.165) is 17.9 Å². The molecule has 0 radical (unpaired) electrons. The largest absolute Gasteiger partial charge is 0.317 e. The van der Waals surface area contributed by atoms with Gasteiger partial charge in [0.05, 0.1) is 0 Å². The lowest BCUT2D eigenvalue weighted by atomic mass is 9.89. The fraction of sp³-hybridized carbons (Fsp3) is 1.00. The SMILES string of the molecule is CCCNCCCC(C)N1CCCC(C(C)C)CC1. The van der Waals surface area contributed by atoms with Gasteiger partial charge in [0.1, 0.15) is 0 Å². The molecule has 1 N–H and O–H groups in total. The van der Waals surface area contributed by atoms with Crippen LogP contribution in [0.4, 0.5) is 0 Å². The molecule has 114 valence electrons. The lowest BCUT2D eigenvalue weighted by molar-refractivity contribution is 0.199. The van der Waals surface area contributed by atoms with Crippen LogP contribution in [0.2, 0.25) is 0 Å². The van der Waals surface area contributed by atoms with E-state index in [1.54, 1.807) is 0 Å². The zero-order valence-corrected chi connectivity index (χ0v) is 13.8. The maximum Gasteiger partial charge on any atom is 0.00674 e. The Labute approximate surface area is 121 Å². The highest BCUT2D eigenvalue weighted by atomic mass is 15.1. The number of nitrogens with one attached hydrogen (secondary N) is 1. The third-order valence-electron chi connectivity index (χ3n) is 4.78. The summed E-state index contributed by atoms with van der Waals surface area (Å²) < 4.78 is 0. The van der Waals surface area contributed by atoms with Gasteiger partial charge in [0.15, 0.2) is 0 Å². The van der Waals surface area contributed by atoms with Crippen molar-refractivity contribution in [2.75, 3.05) is 26.2 Å². The Morgan fingerprint density at radius 3 is 2.58 bits per heavy atom. The van der Waals surface area contributed by atoms with Gasteiger partial charge in [-0.3, -0.25) is 0 Å². The van der Waals surface area contributed by atoms with Crippen LogP contribution in [0.25, 0.3) is 0 Å². The summed E-state index contributed by atoms with van der Waals surface area (Å²) in [4.78, 5) is 2.74. The number of hydrogen-bond donors (Lipinski definition) is 1. The Kier molecular flexibility index (Phi) is 8.72. The van der Waals surface area contributed by atoms with E-state index in [9.17, 15) is 0 Å². The Hall–Kier alpha value is -0.0800. The summed E-state index contributed by atoms with van der Waals surface area (Å²) in [5, 5.41) is 3.51. The normalized spacial score (nSPS) is 23.5. The Bertz CT molecular complexity index is 215. The molecule has 0 aromatic rings. The Morgan fingerprint density at radius 1 is 1.11 bits per heavy atom. The molecular weight excluding hydrogens is 232 g/mol. The lowest BCUT2D eigenvalue weighted by Crippen LogP contribution is -2.34. The molecule has 0 amide bonds. The topological polar surface area (TPSA) is 15.3 Å². The van der Waals surface area contributed by atoms with Crippen molar-refractivity contribution in [1.82, 2.24) is 10.2 Å². The van der Waals surface area contributed by atoms with Gasteiger partial charge >= 0.3 is 0 Å². The molecule has 2 atom stereocenters. The van der Waals surface area contributed by atoms with Crippen molar-refractivity contribution in [1.29, 1.82) is 0 Å². The molecule has 0 saturated carbocycles. The molecule has 1 aliphatic heterocycles. The summed E-state index contributed by atoms with van der Waals surface area (Å²) in [5.74, 6) is 1.83. The van der Waals surface area contributed by atoms with E-state index in [1.165, 1.54) is 64.7 Å². The van der Waals surface area contributed by atoms with Crippen molar-refractivity contribution in [3.8, 4) is 0 Å². The van der Waals surface area contributed by atoms with Gasteiger partial charge in [-0.05, 0) is 83.5 Å². The van der Waals surface area contributed by atoms with E-state index >= 15 is 0 Å². The van der Waals surface area contributed by atoms with E-state index < -0.39 is 0 Å². The number of nitrogens with zero attached hydrogens (tertiary/aromatic N) is 1. The molecule has 0 spiro atoms. The van der Waals surface area contributed by atoms with Crippen LogP contribution in [0.5, 0.6) is 0 Å². The predicted molar refractivity (Wildman–Crippen MR) is 85.6 cm³/mol. The van der Waals surface area contributed by atoms with Crippen LogP contribution in [-0.2, 0) is 0 Å². The van der Waals surface area contributed by atoms with E-state index in [4.69, 9.17) is 0 Å². The molecule has 0 aliphatic carbocycles.